The summed E-state index contributed by atoms with van der Waals surface area (Å²) in [5.41, 5.74) is 3.22. The molecule has 1 aliphatic carbocycles. The number of halogens is 1. The Morgan fingerprint density at radius 2 is 1.86 bits per heavy atom. The van der Waals surface area contributed by atoms with Gasteiger partial charge in [-0.25, -0.2) is 4.98 Å². The Kier molecular flexibility index (Phi) is 5.00. The van der Waals surface area contributed by atoms with Gasteiger partial charge in [0.15, 0.2) is 5.82 Å². The van der Waals surface area contributed by atoms with Gasteiger partial charge in [-0.05, 0) is 67.8 Å². The van der Waals surface area contributed by atoms with Crippen molar-refractivity contribution in [1.82, 2.24) is 9.55 Å². The van der Waals surface area contributed by atoms with Crippen molar-refractivity contribution in [1.29, 1.82) is 0 Å². The quantitative estimate of drug-likeness (QED) is 0.613. The summed E-state index contributed by atoms with van der Waals surface area (Å²) in [6.07, 6.45) is 5.31. The highest BCUT2D eigenvalue weighted by atomic mass is 79.9. The number of aryl methyl sites for hydroxylation is 1. The van der Waals surface area contributed by atoms with Crippen LogP contribution in [0.3, 0.4) is 0 Å². The third-order valence-corrected chi connectivity index (χ3v) is 5.52. The molecule has 1 aromatic heterocycles. The molecule has 6 nitrogen and oxygen atoms in total. The molecule has 2 N–H and O–H groups in total. The van der Waals surface area contributed by atoms with Crippen LogP contribution >= 0.6 is 15.9 Å². The number of benzene rings is 2. The van der Waals surface area contributed by atoms with Crippen molar-refractivity contribution in [2.75, 3.05) is 10.6 Å². The molecule has 0 bridgehead atoms. The van der Waals surface area contributed by atoms with E-state index >= 15 is 0 Å². The van der Waals surface area contributed by atoms with Crippen LogP contribution in [-0.4, -0.2) is 21.4 Å². The summed E-state index contributed by atoms with van der Waals surface area (Å²) in [4.78, 5) is 28.5. The second kappa shape index (κ2) is 7.59. The highest BCUT2D eigenvalue weighted by Gasteiger charge is 2.29. The van der Waals surface area contributed by atoms with Crippen LogP contribution in [0.2, 0.25) is 0 Å². The maximum atomic E-state index is 12.5. The van der Waals surface area contributed by atoms with E-state index in [4.69, 9.17) is 0 Å². The molecule has 1 aliphatic rings. The summed E-state index contributed by atoms with van der Waals surface area (Å²) in [7, 11) is 0. The van der Waals surface area contributed by atoms with E-state index in [2.05, 4.69) is 31.5 Å². The fourth-order valence-electron chi connectivity index (χ4n) is 2.81. The molecular weight excluding hydrogens is 420 g/mol. The first-order valence-corrected chi connectivity index (χ1v) is 9.82. The van der Waals surface area contributed by atoms with E-state index in [1.54, 1.807) is 24.7 Å². The van der Waals surface area contributed by atoms with Gasteiger partial charge in [0.2, 0.25) is 5.91 Å². The van der Waals surface area contributed by atoms with Gasteiger partial charge in [-0.15, -0.1) is 0 Å². The summed E-state index contributed by atoms with van der Waals surface area (Å²) in [5, 5.41) is 5.72. The molecule has 1 fully saturated rings. The molecule has 0 atom stereocenters. The van der Waals surface area contributed by atoms with Gasteiger partial charge in [0, 0.05) is 27.3 Å². The van der Waals surface area contributed by atoms with Gasteiger partial charge < -0.3 is 15.2 Å². The van der Waals surface area contributed by atoms with Gasteiger partial charge in [-0.1, -0.05) is 15.9 Å². The molecule has 2 aromatic carbocycles. The molecule has 0 unspecified atom stereocenters. The van der Waals surface area contributed by atoms with Crippen LogP contribution in [0.15, 0.2) is 59.5 Å². The number of imidazole rings is 1. The van der Waals surface area contributed by atoms with Crippen LogP contribution in [-0.2, 0) is 4.79 Å². The van der Waals surface area contributed by atoms with Crippen LogP contribution in [0, 0.1) is 12.8 Å². The molecular formula is C21H19BrN4O2. The third-order valence-electron chi connectivity index (χ3n) is 4.63. The van der Waals surface area contributed by atoms with E-state index in [1.807, 2.05) is 41.8 Å². The summed E-state index contributed by atoms with van der Waals surface area (Å²) in [6.45, 7) is 1.97. The highest BCUT2D eigenvalue weighted by molar-refractivity contribution is 9.10. The Bertz CT molecular complexity index is 1040. The Hall–Kier alpha value is -2.93. The number of carbonyl (C=O) groups excluding carboxylic acids is 2. The zero-order chi connectivity index (χ0) is 19.7. The van der Waals surface area contributed by atoms with Gasteiger partial charge >= 0.3 is 0 Å². The van der Waals surface area contributed by atoms with Crippen molar-refractivity contribution in [2.24, 2.45) is 5.92 Å². The molecule has 4 rings (SSSR count). The average Bonchev–Trinajstić information content (AvgIpc) is 3.45. The standard InChI is InChI=1S/C21H19BrN4O2/c1-13-10-16(6-9-18(13)22)24-20(27)15-4-7-17(8-5-15)26-11-19(23-12-26)25-21(28)14-2-3-14/h4-12,14H,2-3H2,1H3,(H,24,27)(H,25,28). The van der Waals surface area contributed by atoms with E-state index in [9.17, 15) is 9.59 Å². The number of aromatic nitrogens is 2. The van der Waals surface area contributed by atoms with Crippen LogP contribution in [0.1, 0.15) is 28.8 Å². The zero-order valence-corrected chi connectivity index (χ0v) is 16.9. The molecule has 142 valence electrons. The maximum Gasteiger partial charge on any atom is 0.255 e. The largest absolute Gasteiger partial charge is 0.322 e. The van der Waals surface area contributed by atoms with Crippen molar-refractivity contribution in [3.05, 3.63) is 70.6 Å². The second-order valence-corrected chi connectivity index (χ2v) is 7.75. The Morgan fingerprint density at radius 1 is 1.11 bits per heavy atom. The average molecular weight is 439 g/mol. The van der Waals surface area contributed by atoms with Crippen molar-refractivity contribution < 1.29 is 9.59 Å². The predicted octanol–water partition coefficient (Wildman–Crippen LogP) is 4.54. The van der Waals surface area contributed by atoms with Gasteiger partial charge in [0.25, 0.3) is 5.91 Å². The molecule has 0 aliphatic heterocycles. The molecule has 1 saturated carbocycles. The van der Waals surface area contributed by atoms with Crippen molar-refractivity contribution in [3.8, 4) is 5.69 Å². The van der Waals surface area contributed by atoms with Crippen LogP contribution in [0.4, 0.5) is 11.5 Å². The molecule has 7 heteroatoms. The first-order chi connectivity index (χ1) is 13.5. The van der Waals surface area contributed by atoms with Gasteiger partial charge in [-0.3, -0.25) is 9.59 Å². The lowest BCUT2D eigenvalue weighted by molar-refractivity contribution is -0.117. The van der Waals surface area contributed by atoms with Crippen molar-refractivity contribution in [2.45, 2.75) is 19.8 Å². The monoisotopic (exact) mass is 438 g/mol. The SMILES string of the molecule is Cc1cc(NC(=O)c2ccc(-n3cnc(NC(=O)C4CC4)c3)cc2)ccc1Br. The first kappa shape index (κ1) is 18.4. The fourth-order valence-corrected chi connectivity index (χ4v) is 3.06. The minimum Gasteiger partial charge on any atom is -0.322 e. The number of nitrogens with one attached hydrogen (secondary N) is 2. The lowest BCUT2D eigenvalue weighted by atomic mass is 10.1. The maximum absolute atomic E-state index is 12.5. The van der Waals surface area contributed by atoms with Crippen molar-refractivity contribution >= 4 is 39.2 Å². The number of hydrogen-bond acceptors (Lipinski definition) is 3. The zero-order valence-electron chi connectivity index (χ0n) is 15.3. The third kappa shape index (κ3) is 4.14. The lowest BCUT2D eigenvalue weighted by Gasteiger charge is -2.08. The predicted molar refractivity (Wildman–Crippen MR) is 112 cm³/mol. The first-order valence-electron chi connectivity index (χ1n) is 9.02. The minimum absolute atomic E-state index is 0.0282. The van der Waals surface area contributed by atoms with Gasteiger partial charge in [-0.2, -0.15) is 0 Å². The second-order valence-electron chi connectivity index (χ2n) is 6.89. The Labute approximate surface area is 171 Å². The number of nitrogens with zero attached hydrogens (tertiary/aromatic N) is 2. The van der Waals surface area contributed by atoms with Crippen LogP contribution in [0.5, 0.6) is 0 Å². The van der Waals surface area contributed by atoms with Gasteiger partial charge in [0.1, 0.15) is 6.33 Å². The van der Waals surface area contributed by atoms with E-state index in [-0.39, 0.29) is 17.7 Å². The summed E-state index contributed by atoms with van der Waals surface area (Å²) in [6, 6.07) is 12.9. The summed E-state index contributed by atoms with van der Waals surface area (Å²) in [5.74, 6) is 0.526. The molecule has 1 heterocycles. The smallest absolute Gasteiger partial charge is 0.255 e. The topological polar surface area (TPSA) is 76.0 Å². The van der Waals surface area contributed by atoms with Crippen molar-refractivity contribution in [3.63, 3.8) is 0 Å². The summed E-state index contributed by atoms with van der Waals surface area (Å²) >= 11 is 3.45. The molecule has 0 radical (unpaired) electrons. The van der Waals surface area contributed by atoms with Crippen LogP contribution < -0.4 is 10.6 Å². The lowest BCUT2D eigenvalue weighted by Crippen LogP contribution is -2.13. The fraction of sp³-hybridized carbons (Fsp3) is 0.190. The molecule has 3 aromatic rings. The number of rotatable bonds is 5. The highest BCUT2D eigenvalue weighted by Crippen LogP contribution is 2.30. The van der Waals surface area contributed by atoms with Crippen LogP contribution in [0.25, 0.3) is 5.69 Å². The van der Waals surface area contributed by atoms with E-state index in [0.717, 1.165) is 34.3 Å². The van der Waals surface area contributed by atoms with E-state index in [1.165, 1.54) is 0 Å². The Balaban J connectivity index is 1.43. The number of amides is 2. The molecule has 0 saturated heterocycles. The summed E-state index contributed by atoms with van der Waals surface area (Å²) < 4.78 is 2.81. The Morgan fingerprint density at radius 3 is 2.54 bits per heavy atom. The number of anilines is 2. The van der Waals surface area contributed by atoms with Gasteiger partial charge in [0.05, 0.1) is 6.20 Å². The van der Waals surface area contributed by atoms with E-state index < -0.39 is 0 Å². The minimum atomic E-state index is -0.170. The normalized spacial score (nSPS) is 13.2. The number of hydrogen-bond donors (Lipinski definition) is 2. The molecule has 0 spiro atoms. The van der Waals surface area contributed by atoms with E-state index in [0.29, 0.717) is 11.4 Å². The number of carbonyl (C=O) groups is 2. The molecule has 28 heavy (non-hydrogen) atoms. The molecule has 2 amide bonds.